The maximum Gasteiger partial charge on any atom is 0.311 e. The van der Waals surface area contributed by atoms with Gasteiger partial charge in [-0.05, 0) is 47.2 Å². The summed E-state index contributed by atoms with van der Waals surface area (Å²) in [7, 11) is 1.57. The molecule has 2 rings (SSSR count). The summed E-state index contributed by atoms with van der Waals surface area (Å²) in [5.41, 5.74) is 2.77. The van der Waals surface area contributed by atoms with Crippen molar-refractivity contribution in [3.05, 3.63) is 64.2 Å². The molecular formula is C19H21ClO3. The highest BCUT2D eigenvalue weighted by atomic mass is 35.5. The molecule has 0 fully saturated rings. The first kappa shape index (κ1) is 17.4. The van der Waals surface area contributed by atoms with Crippen molar-refractivity contribution >= 4 is 17.6 Å². The van der Waals surface area contributed by atoms with Crippen molar-refractivity contribution in [2.24, 2.45) is 0 Å². The summed E-state index contributed by atoms with van der Waals surface area (Å²) in [6.07, 6.45) is 0.333. The van der Waals surface area contributed by atoms with Crippen LogP contribution in [0.3, 0.4) is 0 Å². The predicted octanol–water partition coefficient (Wildman–Crippen LogP) is 4.88. The quantitative estimate of drug-likeness (QED) is 0.819. The lowest BCUT2D eigenvalue weighted by Gasteiger charge is -2.16. The van der Waals surface area contributed by atoms with Crippen LogP contribution >= 0.6 is 11.6 Å². The van der Waals surface area contributed by atoms with E-state index < -0.39 is 11.9 Å². The highest BCUT2D eigenvalue weighted by Crippen LogP contribution is 2.30. The van der Waals surface area contributed by atoms with E-state index in [4.69, 9.17) is 16.3 Å². The first-order valence-electron chi connectivity index (χ1n) is 7.57. The molecule has 1 N–H and O–H groups in total. The molecule has 0 aliphatic carbocycles. The SMILES string of the molecule is COc1ccc(Cl)cc1CC(C(=O)O)c1ccc(C(C)C)cc1. The van der Waals surface area contributed by atoms with E-state index in [1.54, 1.807) is 25.3 Å². The van der Waals surface area contributed by atoms with E-state index in [0.717, 1.165) is 11.1 Å². The van der Waals surface area contributed by atoms with E-state index >= 15 is 0 Å². The van der Waals surface area contributed by atoms with Gasteiger partial charge in [0.2, 0.25) is 0 Å². The predicted molar refractivity (Wildman–Crippen MR) is 92.6 cm³/mol. The van der Waals surface area contributed by atoms with Gasteiger partial charge in [0, 0.05) is 5.02 Å². The van der Waals surface area contributed by atoms with E-state index in [0.29, 0.717) is 23.1 Å². The number of methoxy groups -OCH3 is 1. The average molecular weight is 333 g/mol. The van der Waals surface area contributed by atoms with Crippen molar-refractivity contribution < 1.29 is 14.6 Å². The molecular weight excluding hydrogens is 312 g/mol. The third-order valence-corrected chi connectivity index (χ3v) is 4.21. The average Bonchev–Trinajstić information content (AvgIpc) is 2.52. The van der Waals surface area contributed by atoms with E-state index in [-0.39, 0.29) is 0 Å². The van der Waals surface area contributed by atoms with Gasteiger partial charge in [0.15, 0.2) is 0 Å². The largest absolute Gasteiger partial charge is 0.496 e. The van der Waals surface area contributed by atoms with Gasteiger partial charge in [-0.25, -0.2) is 0 Å². The maximum atomic E-state index is 11.7. The zero-order valence-corrected chi connectivity index (χ0v) is 14.3. The zero-order chi connectivity index (χ0) is 17.0. The van der Waals surface area contributed by atoms with Gasteiger partial charge in [0.25, 0.3) is 0 Å². The monoisotopic (exact) mass is 332 g/mol. The van der Waals surface area contributed by atoms with E-state index in [1.807, 2.05) is 24.3 Å². The molecule has 0 bridgehead atoms. The van der Waals surface area contributed by atoms with Gasteiger partial charge in [-0.2, -0.15) is 0 Å². The van der Waals surface area contributed by atoms with Crippen molar-refractivity contribution in [2.75, 3.05) is 7.11 Å². The fraction of sp³-hybridized carbons (Fsp3) is 0.316. The molecule has 1 atom stereocenters. The summed E-state index contributed by atoms with van der Waals surface area (Å²) in [5, 5.41) is 10.2. The summed E-state index contributed by atoms with van der Waals surface area (Å²) >= 11 is 6.04. The Hall–Kier alpha value is -2.00. The number of carboxylic acids is 1. The Labute approximate surface area is 141 Å². The summed E-state index contributed by atoms with van der Waals surface area (Å²) in [5.74, 6) is -0.423. The Morgan fingerprint density at radius 1 is 1.13 bits per heavy atom. The minimum atomic E-state index is -0.857. The van der Waals surface area contributed by atoms with Crippen LogP contribution in [0.2, 0.25) is 5.02 Å². The Bertz CT molecular complexity index is 678. The smallest absolute Gasteiger partial charge is 0.311 e. The highest BCUT2D eigenvalue weighted by Gasteiger charge is 2.22. The maximum absolute atomic E-state index is 11.7. The fourth-order valence-corrected chi connectivity index (χ4v) is 2.78. The second-order valence-electron chi connectivity index (χ2n) is 5.87. The number of carbonyl (C=O) groups is 1. The molecule has 0 heterocycles. The number of benzene rings is 2. The van der Waals surface area contributed by atoms with Crippen molar-refractivity contribution in [3.8, 4) is 5.75 Å². The van der Waals surface area contributed by atoms with Crippen LogP contribution in [0.5, 0.6) is 5.75 Å². The fourth-order valence-electron chi connectivity index (χ4n) is 2.59. The van der Waals surface area contributed by atoms with Gasteiger partial charge in [-0.15, -0.1) is 0 Å². The summed E-state index contributed by atoms with van der Waals surface area (Å²) in [6, 6.07) is 13.0. The molecule has 1 unspecified atom stereocenters. The third kappa shape index (κ3) is 4.26. The van der Waals surface area contributed by atoms with Crippen molar-refractivity contribution in [3.63, 3.8) is 0 Å². The van der Waals surface area contributed by atoms with Gasteiger partial charge in [0.1, 0.15) is 5.75 Å². The van der Waals surface area contributed by atoms with Crippen molar-refractivity contribution in [1.82, 2.24) is 0 Å². The van der Waals surface area contributed by atoms with Crippen LogP contribution in [0.1, 0.15) is 42.4 Å². The molecule has 2 aromatic rings. The van der Waals surface area contributed by atoms with E-state index in [1.165, 1.54) is 5.56 Å². The van der Waals surface area contributed by atoms with Gasteiger partial charge < -0.3 is 9.84 Å². The van der Waals surface area contributed by atoms with E-state index in [9.17, 15) is 9.90 Å². The lowest BCUT2D eigenvalue weighted by molar-refractivity contribution is -0.138. The molecule has 2 aromatic carbocycles. The molecule has 122 valence electrons. The van der Waals surface area contributed by atoms with Gasteiger partial charge >= 0.3 is 5.97 Å². The number of aliphatic carboxylic acids is 1. The topological polar surface area (TPSA) is 46.5 Å². The van der Waals surface area contributed by atoms with Crippen molar-refractivity contribution in [2.45, 2.75) is 32.1 Å². The number of carboxylic acid groups (broad SMARTS) is 1. The molecule has 0 aliphatic heterocycles. The standard InChI is InChI=1S/C19H21ClO3/c1-12(2)13-4-6-14(7-5-13)17(19(21)22)11-15-10-16(20)8-9-18(15)23-3/h4-10,12,17H,11H2,1-3H3,(H,21,22). The van der Waals surface area contributed by atoms with Crippen LogP contribution in [0, 0.1) is 0 Å². The Morgan fingerprint density at radius 2 is 1.74 bits per heavy atom. The second-order valence-corrected chi connectivity index (χ2v) is 6.31. The minimum absolute atomic E-state index is 0.333. The molecule has 4 heteroatoms. The van der Waals surface area contributed by atoms with Crippen LogP contribution in [0.15, 0.2) is 42.5 Å². The molecule has 0 saturated heterocycles. The molecule has 0 aliphatic rings. The Morgan fingerprint density at radius 3 is 2.26 bits per heavy atom. The molecule has 0 aromatic heterocycles. The number of rotatable bonds is 6. The van der Waals surface area contributed by atoms with Crippen LogP contribution in [-0.2, 0) is 11.2 Å². The van der Waals surface area contributed by atoms with Crippen molar-refractivity contribution in [1.29, 1.82) is 0 Å². The molecule has 3 nitrogen and oxygen atoms in total. The summed E-state index contributed by atoms with van der Waals surface area (Å²) in [6.45, 7) is 4.22. The number of halogens is 1. The normalized spacial score (nSPS) is 12.2. The lowest BCUT2D eigenvalue weighted by Crippen LogP contribution is -2.15. The second kappa shape index (κ2) is 7.51. The number of ether oxygens (including phenoxy) is 1. The van der Waals surface area contributed by atoms with E-state index in [2.05, 4.69) is 13.8 Å². The van der Waals surface area contributed by atoms with Crippen LogP contribution in [-0.4, -0.2) is 18.2 Å². The number of hydrogen-bond acceptors (Lipinski definition) is 2. The number of hydrogen-bond donors (Lipinski definition) is 1. The summed E-state index contributed by atoms with van der Waals surface area (Å²) < 4.78 is 5.32. The highest BCUT2D eigenvalue weighted by molar-refractivity contribution is 6.30. The molecule has 0 saturated carbocycles. The van der Waals surface area contributed by atoms with Gasteiger partial charge in [-0.3, -0.25) is 4.79 Å². The Kier molecular flexibility index (Phi) is 5.67. The van der Waals surface area contributed by atoms with Crippen LogP contribution in [0.25, 0.3) is 0 Å². The van der Waals surface area contributed by atoms with Gasteiger partial charge in [-0.1, -0.05) is 49.7 Å². The molecule has 0 amide bonds. The van der Waals surface area contributed by atoms with Gasteiger partial charge in [0.05, 0.1) is 13.0 Å². The molecule has 23 heavy (non-hydrogen) atoms. The Balaban J connectivity index is 2.32. The third-order valence-electron chi connectivity index (χ3n) is 3.97. The molecule has 0 radical (unpaired) electrons. The zero-order valence-electron chi connectivity index (χ0n) is 13.5. The minimum Gasteiger partial charge on any atom is -0.496 e. The summed E-state index contributed by atoms with van der Waals surface area (Å²) in [4.78, 5) is 11.7. The first-order valence-corrected chi connectivity index (χ1v) is 7.95. The molecule has 0 spiro atoms. The van der Waals surface area contributed by atoms with Crippen LogP contribution < -0.4 is 4.74 Å². The van der Waals surface area contributed by atoms with Crippen LogP contribution in [0.4, 0.5) is 0 Å². The lowest BCUT2D eigenvalue weighted by atomic mass is 9.90. The first-order chi connectivity index (χ1) is 10.9.